The molecule has 25 heavy (non-hydrogen) atoms. The first-order chi connectivity index (χ1) is 12.0. The highest BCUT2D eigenvalue weighted by molar-refractivity contribution is 9.10. The van der Waals surface area contributed by atoms with Crippen LogP contribution in [0.1, 0.15) is 38.2 Å². The van der Waals surface area contributed by atoms with Gasteiger partial charge in [0.15, 0.2) is 11.5 Å². The summed E-state index contributed by atoms with van der Waals surface area (Å²) >= 11 is 3.42. The first-order valence-electron chi connectivity index (χ1n) is 8.34. The van der Waals surface area contributed by atoms with Crippen molar-refractivity contribution in [3.05, 3.63) is 27.7 Å². The molecule has 0 radical (unpaired) electrons. The summed E-state index contributed by atoms with van der Waals surface area (Å²) in [6.45, 7) is 2.14. The Morgan fingerprint density at radius 3 is 2.64 bits per heavy atom. The number of carbonyl (C=O) groups is 1. The first-order valence-corrected chi connectivity index (χ1v) is 9.13. The Morgan fingerprint density at radius 1 is 1.32 bits per heavy atom. The monoisotopic (exact) mass is 406 g/mol. The zero-order chi connectivity index (χ0) is 18.4. The quantitative estimate of drug-likeness (QED) is 0.590. The molecule has 1 aromatic rings. The summed E-state index contributed by atoms with van der Waals surface area (Å²) in [5.41, 5.74) is 0.768. The molecule has 1 aromatic carbocycles. The van der Waals surface area contributed by atoms with Crippen molar-refractivity contribution in [2.24, 2.45) is 5.92 Å². The molecule has 134 valence electrons. The molecular weight excluding hydrogens is 384 g/mol. The van der Waals surface area contributed by atoms with Crippen molar-refractivity contribution >= 4 is 27.9 Å². The molecule has 5 nitrogen and oxygen atoms in total. The second-order valence-electron chi connectivity index (χ2n) is 6.25. The molecule has 2 atom stereocenters. The van der Waals surface area contributed by atoms with E-state index in [-0.39, 0.29) is 17.5 Å². The molecule has 2 rings (SSSR count). The first kappa shape index (κ1) is 19.3. The largest absolute Gasteiger partial charge is 0.493 e. The molecule has 1 aliphatic carbocycles. The maximum absolute atomic E-state index is 12.5. The van der Waals surface area contributed by atoms with Crippen LogP contribution in [-0.4, -0.2) is 26.2 Å². The minimum Gasteiger partial charge on any atom is -0.493 e. The van der Waals surface area contributed by atoms with Gasteiger partial charge in [-0.2, -0.15) is 5.26 Å². The van der Waals surface area contributed by atoms with E-state index in [0.29, 0.717) is 27.5 Å². The van der Waals surface area contributed by atoms with Gasteiger partial charge in [-0.25, -0.2) is 0 Å². The fraction of sp³-hybridized carbons (Fsp3) is 0.474. The number of methoxy groups -OCH3 is 2. The topological polar surface area (TPSA) is 71.3 Å². The summed E-state index contributed by atoms with van der Waals surface area (Å²) in [5.74, 6) is 1.21. The molecule has 1 amide bonds. The fourth-order valence-electron chi connectivity index (χ4n) is 3.11. The number of ether oxygens (including phenoxy) is 2. The number of carbonyl (C=O) groups excluding carboxylic acids is 1. The molecular formula is C19H23BrN2O3. The van der Waals surface area contributed by atoms with Crippen molar-refractivity contribution in [1.29, 1.82) is 5.26 Å². The Hall–Kier alpha value is -2.00. The van der Waals surface area contributed by atoms with Crippen molar-refractivity contribution in [3.8, 4) is 17.6 Å². The molecule has 0 aliphatic heterocycles. The molecule has 0 heterocycles. The molecule has 6 heteroatoms. The number of halogens is 1. The highest BCUT2D eigenvalue weighted by atomic mass is 79.9. The van der Waals surface area contributed by atoms with Crippen LogP contribution >= 0.6 is 15.9 Å². The van der Waals surface area contributed by atoms with Crippen LogP contribution in [0.15, 0.2) is 22.2 Å². The number of nitriles is 1. The van der Waals surface area contributed by atoms with Gasteiger partial charge in [-0.3, -0.25) is 4.79 Å². The van der Waals surface area contributed by atoms with Crippen molar-refractivity contribution in [2.45, 2.75) is 38.6 Å². The third kappa shape index (κ3) is 4.76. The van der Waals surface area contributed by atoms with Gasteiger partial charge < -0.3 is 14.8 Å². The third-order valence-electron chi connectivity index (χ3n) is 4.56. The lowest BCUT2D eigenvalue weighted by Crippen LogP contribution is -2.41. The number of nitrogens with zero attached hydrogens (tertiary/aromatic N) is 1. The standard InChI is InChI=1S/C19H23BrN2O3/c1-12-6-4-5-7-16(12)22-19(23)14(11-21)8-13-9-15(20)18(25-3)17(10-13)24-2/h8-10,12,16H,4-7H2,1-3H3,(H,22,23)/b14-8+/t12-,16-/m0/s1. The van der Waals surface area contributed by atoms with Gasteiger partial charge in [0.05, 0.1) is 18.7 Å². The van der Waals surface area contributed by atoms with Gasteiger partial charge in [0.25, 0.3) is 5.91 Å². The van der Waals surface area contributed by atoms with E-state index in [9.17, 15) is 10.1 Å². The minimum absolute atomic E-state index is 0.0805. The highest BCUT2D eigenvalue weighted by Gasteiger charge is 2.24. The summed E-state index contributed by atoms with van der Waals surface area (Å²) in [6.07, 6.45) is 5.96. The number of amides is 1. The maximum Gasteiger partial charge on any atom is 0.262 e. The lowest BCUT2D eigenvalue weighted by Gasteiger charge is -2.29. The van der Waals surface area contributed by atoms with Crippen LogP contribution < -0.4 is 14.8 Å². The molecule has 0 saturated heterocycles. The maximum atomic E-state index is 12.5. The normalized spacial score (nSPS) is 20.5. The summed E-state index contributed by atoms with van der Waals surface area (Å²) in [7, 11) is 3.10. The second kappa shape index (κ2) is 8.91. The number of hydrogen-bond acceptors (Lipinski definition) is 4. The van der Waals surface area contributed by atoms with E-state index in [4.69, 9.17) is 9.47 Å². The summed E-state index contributed by atoms with van der Waals surface area (Å²) < 4.78 is 11.3. The summed E-state index contributed by atoms with van der Waals surface area (Å²) in [6, 6.07) is 5.66. The van der Waals surface area contributed by atoms with Gasteiger partial charge in [-0.1, -0.05) is 19.8 Å². The van der Waals surface area contributed by atoms with Crippen molar-refractivity contribution in [1.82, 2.24) is 5.32 Å². The van der Waals surface area contributed by atoms with Gasteiger partial charge in [0.1, 0.15) is 11.6 Å². The van der Waals surface area contributed by atoms with E-state index >= 15 is 0 Å². The lowest BCUT2D eigenvalue weighted by atomic mass is 9.86. The van der Waals surface area contributed by atoms with E-state index in [1.54, 1.807) is 32.4 Å². The number of nitrogens with one attached hydrogen (secondary N) is 1. The molecule has 0 aromatic heterocycles. The Morgan fingerprint density at radius 2 is 2.04 bits per heavy atom. The van der Waals surface area contributed by atoms with E-state index in [2.05, 4.69) is 28.2 Å². The zero-order valence-electron chi connectivity index (χ0n) is 14.8. The predicted molar refractivity (Wildman–Crippen MR) is 100 cm³/mol. The second-order valence-corrected chi connectivity index (χ2v) is 7.10. The van der Waals surface area contributed by atoms with Crippen LogP contribution in [0.25, 0.3) is 6.08 Å². The summed E-state index contributed by atoms with van der Waals surface area (Å²) in [5, 5.41) is 12.4. The SMILES string of the molecule is COc1cc(/C=C(\C#N)C(=O)N[C@H]2CCCC[C@@H]2C)cc(Br)c1OC. The average Bonchev–Trinajstić information content (AvgIpc) is 2.60. The van der Waals surface area contributed by atoms with Crippen LogP contribution in [0.3, 0.4) is 0 Å². The molecule has 1 aliphatic rings. The van der Waals surface area contributed by atoms with E-state index < -0.39 is 0 Å². The average molecular weight is 407 g/mol. The number of rotatable bonds is 5. The number of hydrogen-bond donors (Lipinski definition) is 1. The summed E-state index contributed by atoms with van der Waals surface area (Å²) in [4.78, 5) is 12.5. The molecule has 1 saturated carbocycles. The lowest BCUT2D eigenvalue weighted by molar-refractivity contribution is -0.118. The Balaban J connectivity index is 2.23. The van der Waals surface area contributed by atoms with Crippen LogP contribution in [0, 0.1) is 17.2 Å². The van der Waals surface area contributed by atoms with Gasteiger partial charge >= 0.3 is 0 Å². The Kier molecular flexibility index (Phi) is 6.89. The highest BCUT2D eigenvalue weighted by Crippen LogP contribution is 2.36. The smallest absolute Gasteiger partial charge is 0.262 e. The predicted octanol–water partition coefficient (Wildman–Crippen LogP) is 4.07. The molecule has 1 fully saturated rings. The van der Waals surface area contributed by atoms with E-state index in [1.807, 2.05) is 6.07 Å². The third-order valence-corrected chi connectivity index (χ3v) is 5.15. The fourth-order valence-corrected chi connectivity index (χ4v) is 3.73. The molecule has 0 spiro atoms. The van der Waals surface area contributed by atoms with Gasteiger partial charge in [-0.15, -0.1) is 0 Å². The van der Waals surface area contributed by atoms with Gasteiger partial charge in [0.2, 0.25) is 0 Å². The molecule has 0 unspecified atom stereocenters. The van der Waals surface area contributed by atoms with E-state index in [0.717, 1.165) is 19.3 Å². The molecule has 0 bridgehead atoms. The van der Waals surface area contributed by atoms with Gasteiger partial charge in [-0.05, 0) is 58.5 Å². The van der Waals surface area contributed by atoms with Crippen LogP contribution in [0.2, 0.25) is 0 Å². The Labute approximate surface area is 157 Å². The Bertz CT molecular complexity index is 709. The van der Waals surface area contributed by atoms with Gasteiger partial charge in [0, 0.05) is 6.04 Å². The van der Waals surface area contributed by atoms with Crippen LogP contribution in [-0.2, 0) is 4.79 Å². The number of benzene rings is 1. The van der Waals surface area contributed by atoms with Crippen molar-refractivity contribution in [2.75, 3.05) is 14.2 Å². The molecule has 1 N–H and O–H groups in total. The minimum atomic E-state index is -0.327. The van der Waals surface area contributed by atoms with Crippen LogP contribution in [0.4, 0.5) is 0 Å². The van der Waals surface area contributed by atoms with Crippen molar-refractivity contribution in [3.63, 3.8) is 0 Å². The van der Waals surface area contributed by atoms with Crippen LogP contribution in [0.5, 0.6) is 11.5 Å². The zero-order valence-corrected chi connectivity index (χ0v) is 16.4. The van der Waals surface area contributed by atoms with E-state index in [1.165, 1.54) is 6.42 Å². The van der Waals surface area contributed by atoms with Crippen molar-refractivity contribution < 1.29 is 14.3 Å².